The fourth-order valence-corrected chi connectivity index (χ4v) is 2.26. The molecule has 0 radical (unpaired) electrons. The van der Waals surface area contributed by atoms with Gasteiger partial charge in [-0.05, 0) is 43.5 Å². The summed E-state index contributed by atoms with van der Waals surface area (Å²) >= 11 is 0. The number of nitrogens with one attached hydrogen (secondary N) is 1. The van der Waals surface area contributed by atoms with Crippen molar-refractivity contribution in [1.29, 1.82) is 0 Å². The van der Waals surface area contributed by atoms with E-state index < -0.39 is 6.10 Å². The molecule has 0 fully saturated rings. The molecule has 2 N–H and O–H groups in total. The Kier molecular flexibility index (Phi) is 6.23. The lowest BCUT2D eigenvalue weighted by Gasteiger charge is -2.17. The first-order valence-electron chi connectivity index (χ1n) is 7.56. The molecule has 0 amide bonds. The smallest absolute Gasteiger partial charge is 0.119 e. The monoisotopic (exact) mass is 291 g/mol. The molecule has 0 spiro atoms. The van der Waals surface area contributed by atoms with Gasteiger partial charge in [0.2, 0.25) is 0 Å². The van der Waals surface area contributed by atoms with Crippen LogP contribution in [0.5, 0.6) is 5.75 Å². The van der Waals surface area contributed by atoms with E-state index in [0.717, 1.165) is 30.9 Å². The van der Waals surface area contributed by atoms with Gasteiger partial charge in [-0.3, -0.25) is 0 Å². The Morgan fingerprint density at radius 1 is 1.29 bits per heavy atom. The molecule has 0 bridgehead atoms. The lowest BCUT2D eigenvalue weighted by molar-refractivity contribution is 0.146. The molecule has 0 saturated heterocycles. The largest absolute Gasteiger partial charge is 0.491 e. The molecule has 116 valence electrons. The second-order valence-corrected chi connectivity index (χ2v) is 5.59. The molecule has 1 aromatic carbocycles. The van der Waals surface area contributed by atoms with Crippen molar-refractivity contribution in [2.24, 2.45) is 0 Å². The third kappa shape index (κ3) is 5.50. The van der Waals surface area contributed by atoms with Gasteiger partial charge >= 0.3 is 0 Å². The molecule has 1 aliphatic rings. The minimum atomic E-state index is -0.511. The fraction of sp³-hybridized carbons (Fsp3) is 0.529. The third-order valence-electron chi connectivity index (χ3n) is 3.31. The minimum Gasteiger partial charge on any atom is -0.491 e. The Hall–Kier alpha value is -1.36. The molecule has 1 atom stereocenters. The van der Waals surface area contributed by atoms with Crippen molar-refractivity contribution in [3.05, 3.63) is 41.5 Å². The summed E-state index contributed by atoms with van der Waals surface area (Å²) in [4.78, 5) is 0. The maximum absolute atomic E-state index is 10.2. The molecule has 2 rings (SSSR count). The zero-order valence-corrected chi connectivity index (χ0v) is 12.8. The molecule has 21 heavy (non-hydrogen) atoms. The Morgan fingerprint density at radius 3 is 2.67 bits per heavy atom. The maximum Gasteiger partial charge on any atom is 0.119 e. The van der Waals surface area contributed by atoms with Crippen molar-refractivity contribution >= 4 is 0 Å². The van der Waals surface area contributed by atoms with Gasteiger partial charge in [-0.2, -0.15) is 0 Å². The van der Waals surface area contributed by atoms with Crippen LogP contribution in [0.2, 0.25) is 0 Å². The summed E-state index contributed by atoms with van der Waals surface area (Å²) < 4.78 is 11.0. The summed E-state index contributed by atoms with van der Waals surface area (Å²) in [5, 5.41) is 13.4. The summed E-state index contributed by atoms with van der Waals surface area (Å²) in [5.41, 5.74) is 2.15. The normalized spacial score (nSPS) is 16.7. The number of aliphatic hydroxyl groups is 1. The van der Waals surface area contributed by atoms with Crippen molar-refractivity contribution in [2.75, 3.05) is 26.3 Å². The van der Waals surface area contributed by atoms with Crippen molar-refractivity contribution in [1.82, 2.24) is 5.32 Å². The maximum atomic E-state index is 10.2. The summed E-state index contributed by atoms with van der Waals surface area (Å²) in [6.07, 6.45) is 2.84. The highest BCUT2D eigenvalue weighted by Crippen LogP contribution is 2.18. The standard InChI is InChI=1S/C17H25NO3/c1-13(2)21-16-7-5-15(6-8-16)17(19)11-18-10-14-4-3-9-20-12-14/h4-8,13,17-19H,3,9-12H2,1-2H3. The number of ether oxygens (including phenoxy) is 2. The van der Waals surface area contributed by atoms with E-state index in [1.165, 1.54) is 5.57 Å². The highest BCUT2D eigenvalue weighted by atomic mass is 16.5. The van der Waals surface area contributed by atoms with Crippen molar-refractivity contribution < 1.29 is 14.6 Å². The van der Waals surface area contributed by atoms with Gasteiger partial charge in [-0.1, -0.05) is 18.2 Å². The molecule has 1 unspecified atom stereocenters. The molecule has 4 nitrogen and oxygen atoms in total. The predicted molar refractivity (Wildman–Crippen MR) is 83.6 cm³/mol. The summed E-state index contributed by atoms with van der Waals surface area (Å²) in [6.45, 7) is 6.81. The van der Waals surface area contributed by atoms with E-state index in [1.54, 1.807) is 0 Å². The second kappa shape index (κ2) is 8.17. The first-order chi connectivity index (χ1) is 10.1. The van der Waals surface area contributed by atoms with E-state index >= 15 is 0 Å². The van der Waals surface area contributed by atoms with Gasteiger partial charge in [-0.15, -0.1) is 0 Å². The highest BCUT2D eigenvalue weighted by Gasteiger charge is 2.09. The van der Waals surface area contributed by atoms with Crippen LogP contribution in [0.3, 0.4) is 0 Å². The van der Waals surface area contributed by atoms with Crippen LogP contribution in [-0.4, -0.2) is 37.5 Å². The van der Waals surface area contributed by atoms with Crippen LogP contribution in [0, 0.1) is 0 Å². The first kappa shape index (κ1) is 16.0. The predicted octanol–water partition coefficient (Wildman–Crippen LogP) is 2.44. The molecule has 1 aliphatic heterocycles. The van der Waals surface area contributed by atoms with Crippen molar-refractivity contribution in [2.45, 2.75) is 32.5 Å². The van der Waals surface area contributed by atoms with Gasteiger partial charge in [0.05, 0.1) is 25.4 Å². The van der Waals surface area contributed by atoms with Crippen LogP contribution < -0.4 is 10.1 Å². The summed E-state index contributed by atoms with van der Waals surface area (Å²) in [7, 11) is 0. The molecule has 1 heterocycles. The zero-order chi connectivity index (χ0) is 15.1. The topological polar surface area (TPSA) is 50.7 Å². The van der Waals surface area contributed by atoms with E-state index in [1.807, 2.05) is 38.1 Å². The quantitative estimate of drug-likeness (QED) is 0.758. The van der Waals surface area contributed by atoms with Crippen LogP contribution in [0.1, 0.15) is 31.9 Å². The van der Waals surface area contributed by atoms with E-state index in [0.29, 0.717) is 13.2 Å². The van der Waals surface area contributed by atoms with Gasteiger partial charge in [0, 0.05) is 13.1 Å². The molecule has 1 aromatic rings. The third-order valence-corrected chi connectivity index (χ3v) is 3.31. The van der Waals surface area contributed by atoms with Crippen molar-refractivity contribution in [3.8, 4) is 5.75 Å². The first-order valence-corrected chi connectivity index (χ1v) is 7.56. The molecule has 0 aliphatic carbocycles. The Labute approximate surface area is 126 Å². The number of rotatable bonds is 7. The Balaban J connectivity index is 1.77. The van der Waals surface area contributed by atoms with Gasteiger partial charge in [0.25, 0.3) is 0 Å². The molecule has 0 aromatic heterocycles. The van der Waals surface area contributed by atoms with Crippen LogP contribution in [0.15, 0.2) is 35.9 Å². The number of benzene rings is 1. The number of hydrogen-bond acceptors (Lipinski definition) is 4. The molecular weight excluding hydrogens is 266 g/mol. The van der Waals surface area contributed by atoms with E-state index in [9.17, 15) is 5.11 Å². The Morgan fingerprint density at radius 2 is 2.05 bits per heavy atom. The SMILES string of the molecule is CC(C)Oc1ccc(C(O)CNCC2=CCCOC2)cc1. The highest BCUT2D eigenvalue weighted by molar-refractivity contribution is 5.28. The van der Waals surface area contributed by atoms with E-state index in [4.69, 9.17) is 9.47 Å². The number of aliphatic hydroxyl groups excluding tert-OH is 1. The van der Waals surface area contributed by atoms with E-state index in [-0.39, 0.29) is 6.10 Å². The average molecular weight is 291 g/mol. The average Bonchev–Trinajstić information content (AvgIpc) is 2.48. The molecular formula is C17H25NO3. The minimum absolute atomic E-state index is 0.161. The van der Waals surface area contributed by atoms with Gasteiger partial charge in [-0.25, -0.2) is 0 Å². The number of hydrogen-bond donors (Lipinski definition) is 2. The zero-order valence-electron chi connectivity index (χ0n) is 12.8. The molecule has 0 saturated carbocycles. The van der Waals surface area contributed by atoms with Crippen molar-refractivity contribution in [3.63, 3.8) is 0 Å². The summed E-state index contributed by atoms with van der Waals surface area (Å²) in [5.74, 6) is 0.832. The van der Waals surface area contributed by atoms with Gasteiger partial charge < -0.3 is 19.9 Å². The molecule has 4 heteroatoms. The van der Waals surface area contributed by atoms with Crippen LogP contribution in [0.4, 0.5) is 0 Å². The lowest BCUT2D eigenvalue weighted by atomic mass is 10.1. The fourth-order valence-electron chi connectivity index (χ4n) is 2.26. The second-order valence-electron chi connectivity index (χ2n) is 5.59. The van der Waals surface area contributed by atoms with Crippen LogP contribution in [-0.2, 0) is 4.74 Å². The Bertz CT molecular complexity index is 454. The lowest BCUT2D eigenvalue weighted by Crippen LogP contribution is -2.26. The summed E-state index contributed by atoms with van der Waals surface area (Å²) in [6, 6.07) is 7.62. The van der Waals surface area contributed by atoms with Gasteiger partial charge in [0.1, 0.15) is 5.75 Å². The van der Waals surface area contributed by atoms with Gasteiger partial charge in [0.15, 0.2) is 0 Å². The van der Waals surface area contributed by atoms with E-state index in [2.05, 4.69) is 11.4 Å². The van der Waals surface area contributed by atoms with Crippen LogP contribution >= 0.6 is 0 Å². The van der Waals surface area contributed by atoms with Crippen LogP contribution in [0.25, 0.3) is 0 Å².